The zero-order chi connectivity index (χ0) is 22.4. The number of aromatic nitrogens is 1. The molecule has 2 aromatic rings. The Morgan fingerprint density at radius 3 is 2.52 bits per heavy atom. The lowest BCUT2D eigenvalue weighted by molar-refractivity contribution is -0.122. The maximum atomic E-state index is 15.0. The van der Waals surface area contributed by atoms with Crippen LogP contribution in [-0.4, -0.2) is 28.6 Å². The van der Waals surface area contributed by atoms with Crippen LogP contribution in [0.4, 0.5) is 10.1 Å². The van der Waals surface area contributed by atoms with Gasteiger partial charge >= 0.3 is 0 Å². The maximum Gasteiger partial charge on any atom is 0.290 e. The van der Waals surface area contributed by atoms with Crippen molar-refractivity contribution < 1.29 is 14.3 Å². The van der Waals surface area contributed by atoms with Gasteiger partial charge in [-0.3, -0.25) is 4.79 Å². The minimum atomic E-state index is -0.409. The first-order valence-corrected chi connectivity index (χ1v) is 11.2. The van der Waals surface area contributed by atoms with E-state index < -0.39 is 5.82 Å². The molecule has 0 bridgehead atoms. The Kier molecular flexibility index (Phi) is 5.69. The fraction of sp³-hybridized carbons (Fsp3) is 0.478. The number of pyridine rings is 1. The fourth-order valence-corrected chi connectivity index (χ4v) is 6.06. The summed E-state index contributed by atoms with van der Waals surface area (Å²) < 4.78 is 15.0. The third-order valence-electron chi connectivity index (χ3n) is 7.37. The number of hydrogen-bond donors (Lipinski definition) is 3. The Morgan fingerprint density at radius 2 is 1.87 bits per heavy atom. The molecule has 166 valence electrons. The molecule has 2 spiro atoms. The number of rotatable bonds is 1. The largest absolute Gasteiger partial charge is 0.483 e. The van der Waals surface area contributed by atoms with Crippen LogP contribution in [-0.2, 0) is 10.3 Å². The number of carboxylic acid groups (broad SMARTS) is 1. The molecule has 1 saturated heterocycles. The van der Waals surface area contributed by atoms with E-state index in [1.54, 1.807) is 12.3 Å². The molecule has 3 heterocycles. The second-order valence-electron chi connectivity index (χ2n) is 9.41. The number of fused-ring (bicyclic) bond motifs is 3. The summed E-state index contributed by atoms with van der Waals surface area (Å²) in [4.78, 5) is 12.3. The van der Waals surface area contributed by atoms with Crippen molar-refractivity contribution in [3.8, 4) is 0 Å². The molecular formula is C23H26Cl2FN3O2. The number of nitrogens with one attached hydrogen (secondary N) is 2. The Balaban J connectivity index is 0.000000730. The first-order chi connectivity index (χ1) is 14.7. The molecule has 1 aromatic heterocycles. The minimum absolute atomic E-state index is 0.0611. The van der Waals surface area contributed by atoms with E-state index in [1.807, 2.05) is 12.1 Å². The molecule has 8 heteroatoms. The van der Waals surface area contributed by atoms with Gasteiger partial charge < -0.3 is 15.7 Å². The van der Waals surface area contributed by atoms with Crippen LogP contribution in [0.15, 0.2) is 30.5 Å². The van der Waals surface area contributed by atoms with E-state index >= 15 is 4.39 Å². The molecule has 0 amide bonds. The summed E-state index contributed by atoms with van der Waals surface area (Å²) >= 11 is 12.3. The molecule has 2 aliphatic heterocycles. The smallest absolute Gasteiger partial charge is 0.290 e. The molecule has 2 atom stereocenters. The van der Waals surface area contributed by atoms with Gasteiger partial charge in [-0.2, -0.15) is 0 Å². The molecule has 1 aromatic carbocycles. The van der Waals surface area contributed by atoms with E-state index in [0.29, 0.717) is 22.5 Å². The first-order valence-electron chi connectivity index (χ1n) is 10.4. The molecule has 1 aliphatic carbocycles. The number of benzene rings is 1. The lowest BCUT2D eigenvalue weighted by atomic mass is 9.55. The van der Waals surface area contributed by atoms with Crippen molar-refractivity contribution in [3.63, 3.8) is 0 Å². The summed E-state index contributed by atoms with van der Waals surface area (Å²) in [6, 6.07) is 7.79. The predicted molar refractivity (Wildman–Crippen MR) is 120 cm³/mol. The van der Waals surface area contributed by atoms with Crippen molar-refractivity contribution in [2.75, 3.05) is 11.9 Å². The van der Waals surface area contributed by atoms with E-state index in [-0.39, 0.29) is 28.6 Å². The van der Waals surface area contributed by atoms with Crippen LogP contribution in [0.3, 0.4) is 0 Å². The quantitative estimate of drug-likeness (QED) is 0.378. The normalized spacial score (nSPS) is 26.9. The first kappa shape index (κ1) is 22.3. The predicted octanol–water partition coefficient (Wildman–Crippen LogP) is 5.58. The van der Waals surface area contributed by atoms with Crippen LogP contribution in [0.5, 0.6) is 0 Å². The minimum Gasteiger partial charge on any atom is -0.483 e. The third-order valence-corrected chi connectivity index (χ3v) is 7.87. The number of hydrogen-bond acceptors (Lipinski definition) is 4. The van der Waals surface area contributed by atoms with Crippen LogP contribution in [0.1, 0.15) is 56.6 Å². The topological polar surface area (TPSA) is 74.2 Å². The molecule has 0 radical (unpaired) electrons. The highest BCUT2D eigenvalue weighted by atomic mass is 35.5. The van der Waals surface area contributed by atoms with Crippen molar-refractivity contribution in [1.82, 2.24) is 10.3 Å². The Morgan fingerprint density at radius 1 is 1.19 bits per heavy atom. The molecule has 3 N–H and O–H groups in total. The van der Waals surface area contributed by atoms with Gasteiger partial charge in [0.1, 0.15) is 0 Å². The highest BCUT2D eigenvalue weighted by Crippen LogP contribution is 2.63. The second-order valence-corrected chi connectivity index (χ2v) is 10.2. The summed E-state index contributed by atoms with van der Waals surface area (Å²) in [5, 5.41) is 15.1. The highest BCUT2D eigenvalue weighted by Gasteiger charge is 2.66. The van der Waals surface area contributed by atoms with Crippen LogP contribution in [0.2, 0.25) is 10.2 Å². The van der Waals surface area contributed by atoms with Gasteiger partial charge in [-0.15, -0.1) is 0 Å². The van der Waals surface area contributed by atoms with E-state index in [9.17, 15) is 0 Å². The molecule has 1 saturated carbocycles. The third kappa shape index (κ3) is 3.40. The van der Waals surface area contributed by atoms with Crippen LogP contribution >= 0.6 is 23.2 Å². The number of carbonyl (C=O) groups is 1. The van der Waals surface area contributed by atoms with E-state index in [2.05, 4.69) is 35.5 Å². The van der Waals surface area contributed by atoms with Crippen LogP contribution < -0.4 is 10.6 Å². The van der Waals surface area contributed by atoms with E-state index in [1.165, 1.54) is 5.56 Å². The Bertz CT molecular complexity index is 1010. The maximum absolute atomic E-state index is 15.0. The molecule has 5 nitrogen and oxygen atoms in total. The molecule has 5 rings (SSSR count). The molecule has 3 aliphatic rings. The Labute approximate surface area is 191 Å². The number of halogens is 3. The summed E-state index contributed by atoms with van der Waals surface area (Å²) in [6.07, 6.45) is 5.97. The average molecular weight is 466 g/mol. The summed E-state index contributed by atoms with van der Waals surface area (Å²) in [7, 11) is 0. The van der Waals surface area contributed by atoms with Gasteiger partial charge in [0.15, 0.2) is 11.0 Å². The van der Waals surface area contributed by atoms with Crippen molar-refractivity contribution >= 4 is 35.4 Å². The van der Waals surface area contributed by atoms with E-state index in [4.69, 9.17) is 33.1 Å². The van der Waals surface area contributed by atoms with Crippen molar-refractivity contribution in [1.29, 1.82) is 0 Å². The van der Waals surface area contributed by atoms with Gasteiger partial charge in [-0.05, 0) is 54.9 Å². The van der Waals surface area contributed by atoms with Gasteiger partial charge in [0.2, 0.25) is 0 Å². The van der Waals surface area contributed by atoms with Crippen LogP contribution in [0, 0.1) is 11.2 Å². The van der Waals surface area contributed by atoms with Crippen molar-refractivity contribution in [2.24, 2.45) is 5.41 Å². The summed E-state index contributed by atoms with van der Waals surface area (Å²) in [5.41, 5.74) is 2.75. The molecule has 31 heavy (non-hydrogen) atoms. The average Bonchev–Trinajstić information content (AvgIpc) is 3.03. The van der Waals surface area contributed by atoms with Gasteiger partial charge in [-0.1, -0.05) is 43.1 Å². The molecule has 2 unspecified atom stereocenters. The molecule has 2 fully saturated rings. The number of nitrogens with zero attached hydrogens (tertiary/aromatic N) is 1. The standard InChI is InChI=1S/C22H24Cl2FN3.CH2O2/c1-20(2)6-8-21(9-7-20)22(15-4-3-13(23)11-17(15)28-22)16(12-27-21)14-5-10-26-19(24)18(14)25;2-1-3/h3-5,10-11,16,27-28H,6-9,12H2,1-2H3;1H,(H,2,3). The Hall–Kier alpha value is -1.89. The van der Waals surface area contributed by atoms with E-state index in [0.717, 1.165) is 31.4 Å². The second kappa shape index (κ2) is 7.91. The summed E-state index contributed by atoms with van der Waals surface area (Å²) in [6.45, 7) is 5.12. The van der Waals surface area contributed by atoms with Gasteiger partial charge in [0.05, 0.1) is 5.54 Å². The van der Waals surface area contributed by atoms with Crippen LogP contribution in [0.25, 0.3) is 0 Å². The van der Waals surface area contributed by atoms with Gasteiger partial charge in [0, 0.05) is 40.5 Å². The zero-order valence-corrected chi connectivity index (χ0v) is 19.0. The number of anilines is 1. The lowest BCUT2D eigenvalue weighted by Gasteiger charge is -2.59. The van der Waals surface area contributed by atoms with Gasteiger partial charge in [-0.25, -0.2) is 9.37 Å². The lowest BCUT2D eigenvalue weighted by Crippen LogP contribution is -2.65. The highest BCUT2D eigenvalue weighted by molar-refractivity contribution is 6.31. The summed E-state index contributed by atoms with van der Waals surface area (Å²) in [5.74, 6) is -0.476. The zero-order valence-electron chi connectivity index (χ0n) is 17.5. The van der Waals surface area contributed by atoms with Crippen molar-refractivity contribution in [3.05, 3.63) is 57.6 Å². The fourth-order valence-electron chi connectivity index (χ4n) is 5.73. The monoisotopic (exact) mass is 465 g/mol. The molecular weight excluding hydrogens is 440 g/mol. The SMILES string of the molecule is CC1(C)CCC2(CC1)NCC(c1ccnc(Cl)c1F)C21Nc2cc(Cl)ccc21.O=CO. The van der Waals surface area contributed by atoms with Gasteiger partial charge in [0.25, 0.3) is 6.47 Å². The van der Waals surface area contributed by atoms with Crippen molar-refractivity contribution in [2.45, 2.75) is 56.5 Å².